The van der Waals surface area contributed by atoms with Gasteiger partial charge in [0.1, 0.15) is 5.69 Å². The molecule has 6 heteroatoms. The van der Waals surface area contributed by atoms with Crippen molar-refractivity contribution in [1.29, 1.82) is 0 Å². The number of carbonyl (C=O) groups is 1. The second kappa shape index (κ2) is 7.93. The molecular weight excluding hydrogens is 326 g/mol. The van der Waals surface area contributed by atoms with Crippen LogP contribution in [0.5, 0.6) is 0 Å². The van der Waals surface area contributed by atoms with Gasteiger partial charge in [-0.2, -0.15) is 5.10 Å². The number of carbonyl (C=O) groups excluding carboxylic acids is 1. The van der Waals surface area contributed by atoms with E-state index < -0.39 is 0 Å². The maximum atomic E-state index is 12.7. The molecule has 0 atom stereocenters. The first-order chi connectivity index (χ1) is 12.5. The molecule has 0 radical (unpaired) electrons. The molecule has 134 valence electrons. The Bertz CT molecular complexity index is 900. The number of aryl methyl sites for hydroxylation is 1. The summed E-state index contributed by atoms with van der Waals surface area (Å²) in [7, 11) is 5.92. The van der Waals surface area contributed by atoms with Crippen molar-refractivity contribution in [3.8, 4) is 11.1 Å². The highest BCUT2D eigenvalue weighted by atomic mass is 16.1. The molecule has 0 unspecified atom stereocenters. The van der Waals surface area contributed by atoms with Crippen molar-refractivity contribution in [1.82, 2.24) is 25.0 Å². The molecule has 0 aliphatic carbocycles. The summed E-state index contributed by atoms with van der Waals surface area (Å²) >= 11 is 0. The normalized spacial score (nSPS) is 10.9. The summed E-state index contributed by atoms with van der Waals surface area (Å²) in [4.78, 5) is 19.1. The molecule has 3 rings (SSSR count). The summed E-state index contributed by atoms with van der Waals surface area (Å²) in [5, 5.41) is 7.04. The fraction of sp³-hybridized carbons (Fsp3) is 0.250. The van der Waals surface area contributed by atoms with E-state index in [2.05, 4.69) is 32.4 Å². The molecule has 0 fully saturated rings. The van der Waals surface area contributed by atoms with Crippen molar-refractivity contribution >= 4 is 5.91 Å². The second-order valence-corrected chi connectivity index (χ2v) is 6.47. The van der Waals surface area contributed by atoms with E-state index in [0.717, 1.165) is 23.4 Å². The molecule has 0 saturated heterocycles. The van der Waals surface area contributed by atoms with Crippen molar-refractivity contribution in [2.45, 2.75) is 13.1 Å². The van der Waals surface area contributed by atoms with Gasteiger partial charge in [-0.1, -0.05) is 24.3 Å². The van der Waals surface area contributed by atoms with E-state index in [-0.39, 0.29) is 5.91 Å². The number of pyridine rings is 1. The lowest BCUT2D eigenvalue weighted by Crippen LogP contribution is -2.25. The molecule has 6 nitrogen and oxygen atoms in total. The third kappa shape index (κ3) is 4.15. The molecule has 2 heterocycles. The number of amides is 1. The van der Waals surface area contributed by atoms with Crippen LogP contribution in [0.4, 0.5) is 0 Å². The summed E-state index contributed by atoms with van der Waals surface area (Å²) in [6.45, 7) is 1.25. The monoisotopic (exact) mass is 349 g/mol. The second-order valence-electron chi connectivity index (χ2n) is 6.47. The highest BCUT2D eigenvalue weighted by Crippen LogP contribution is 2.23. The summed E-state index contributed by atoms with van der Waals surface area (Å²) in [6, 6.07) is 13.9. The van der Waals surface area contributed by atoms with Gasteiger partial charge in [-0.05, 0) is 43.4 Å². The van der Waals surface area contributed by atoms with Crippen molar-refractivity contribution < 1.29 is 4.79 Å². The molecule has 0 aliphatic heterocycles. The van der Waals surface area contributed by atoms with Gasteiger partial charge in [0.05, 0.1) is 12.2 Å². The highest BCUT2D eigenvalue weighted by molar-refractivity contribution is 5.98. The van der Waals surface area contributed by atoms with E-state index in [0.29, 0.717) is 12.2 Å². The minimum Gasteiger partial charge on any atom is -0.345 e. The topological polar surface area (TPSA) is 63.1 Å². The number of nitrogens with one attached hydrogen (secondary N) is 1. The Hall–Kier alpha value is -2.99. The Kier molecular flexibility index (Phi) is 5.43. The first-order valence-electron chi connectivity index (χ1n) is 8.48. The van der Waals surface area contributed by atoms with Crippen molar-refractivity contribution in [2.75, 3.05) is 14.1 Å². The van der Waals surface area contributed by atoms with Crippen molar-refractivity contribution in [2.24, 2.45) is 7.05 Å². The third-order valence-corrected chi connectivity index (χ3v) is 4.11. The Balaban J connectivity index is 1.84. The number of aromatic nitrogens is 3. The Morgan fingerprint density at radius 3 is 2.73 bits per heavy atom. The zero-order valence-electron chi connectivity index (χ0n) is 15.3. The van der Waals surface area contributed by atoms with Crippen LogP contribution in [0.1, 0.15) is 21.7 Å². The van der Waals surface area contributed by atoms with E-state index in [1.54, 1.807) is 17.1 Å². The molecule has 0 spiro atoms. The Labute approximate surface area is 153 Å². The summed E-state index contributed by atoms with van der Waals surface area (Å²) in [5.41, 5.74) is 4.37. The fourth-order valence-corrected chi connectivity index (χ4v) is 2.85. The van der Waals surface area contributed by atoms with E-state index in [4.69, 9.17) is 0 Å². The molecule has 1 N–H and O–H groups in total. The number of hydrogen-bond donors (Lipinski definition) is 1. The van der Waals surface area contributed by atoms with E-state index in [1.807, 2.05) is 51.5 Å². The van der Waals surface area contributed by atoms with Gasteiger partial charge in [-0.15, -0.1) is 0 Å². The standard InChI is InChI=1S/C20H23N5O/c1-24(2)14-15-6-4-7-16(12-15)18-8-5-10-21-19(18)20(26)22-13-17-9-11-23-25(17)3/h4-12H,13-14H2,1-3H3,(H,22,26). The molecule has 26 heavy (non-hydrogen) atoms. The Morgan fingerprint density at radius 2 is 2.00 bits per heavy atom. The average molecular weight is 349 g/mol. The molecule has 0 aliphatic rings. The maximum Gasteiger partial charge on any atom is 0.270 e. The quantitative estimate of drug-likeness (QED) is 0.743. The van der Waals surface area contributed by atoms with Crippen molar-refractivity contribution in [3.05, 3.63) is 71.8 Å². The van der Waals surface area contributed by atoms with Gasteiger partial charge >= 0.3 is 0 Å². The lowest BCUT2D eigenvalue weighted by Gasteiger charge is -2.13. The fourth-order valence-electron chi connectivity index (χ4n) is 2.85. The van der Waals surface area contributed by atoms with Crippen LogP contribution in [0.2, 0.25) is 0 Å². The van der Waals surface area contributed by atoms with Gasteiger partial charge in [0.2, 0.25) is 0 Å². The predicted octanol–water partition coefficient (Wildman–Crippen LogP) is 2.47. The molecule has 3 aromatic rings. The van der Waals surface area contributed by atoms with Crippen LogP contribution >= 0.6 is 0 Å². The van der Waals surface area contributed by atoms with Crippen LogP contribution < -0.4 is 5.32 Å². The lowest BCUT2D eigenvalue weighted by atomic mass is 10.0. The lowest BCUT2D eigenvalue weighted by molar-refractivity contribution is 0.0946. The van der Waals surface area contributed by atoms with E-state index >= 15 is 0 Å². The molecule has 2 aromatic heterocycles. The third-order valence-electron chi connectivity index (χ3n) is 4.11. The Morgan fingerprint density at radius 1 is 1.15 bits per heavy atom. The smallest absolute Gasteiger partial charge is 0.270 e. The summed E-state index contributed by atoms with van der Waals surface area (Å²) in [5.74, 6) is -0.195. The van der Waals surface area contributed by atoms with Crippen LogP contribution in [0.25, 0.3) is 11.1 Å². The minimum atomic E-state index is -0.195. The van der Waals surface area contributed by atoms with Crippen molar-refractivity contribution in [3.63, 3.8) is 0 Å². The number of nitrogens with zero attached hydrogens (tertiary/aromatic N) is 4. The molecule has 0 saturated carbocycles. The average Bonchev–Trinajstić information content (AvgIpc) is 3.04. The van der Waals surface area contributed by atoms with Gasteiger partial charge in [0.25, 0.3) is 5.91 Å². The maximum absolute atomic E-state index is 12.7. The molecular formula is C20H23N5O. The van der Waals surface area contributed by atoms with Gasteiger partial charge in [0, 0.05) is 31.5 Å². The predicted molar refractivity (Wildman–Crippen MR) is 101 cm³/mol. The first-order valence-corrected chi connectivity index (χ1v) is 8.48. The van der Waals surface area contributed by atoms with Gasteiger partial charge in [-0.3, -0.25) is 14.5 Å². The van der Waals surface area contributed by atoms with E-state index in [1.165, 1.54) is 5.56 Å². The van der Waals surface area contributed by atoms with Crippen LogP contribution in [0.15, 0.2) is 54.9 Å². The summed E-state index contributed by atoms with van der Waals surface area (Å²) in [6.07, 6.45) is 3.36. The zero-order chi connectivity index (χ0) is 18.5. The van der Waals surface area contributed by atoms with Crippen LogP contribution in [-0.2, 0) is 20.1 Å². The van der Waals surface area contributed by atoms with Crippen LogP contribution in [-0.4, -0.2) is 39.7 Å². The molecule has 0 bridgehead atoms. The van der Waals surface area contributed by atoms with Crippen LogP contribution in [0, 0.1) is 0 Å². The first kappa shape index (κ1) is 17.8. The number of hydrogen-bond acceptors (Lipinski definition) is 4. The highest BCUT2D eigenvalue weighted by Gasteiger charge is 2.15. The minimum absolute atomic E-state index is 0.195. The van der Waals surface area contributed by atoms with Gasteiger partial charge in [-0.25, -0.2) is 0 Å². The SMILES string of the molecule is CN(C)Cc1cccc(-c2cccnc2C(=O)NCc2ccnn2C)c1. The number of rotatable bonds is 6. The molecule has 1 aromatic carbocycles. The molecule has 1 amide bonds. The van der Waals surface area contributed by atoms with E-state index in [9.17, 15) is 4.79 Å². The van der Waals surface area contributed by atoms with Gasteiger partial charge in [0.15, 0.2) is 0 Å². The zero-order valence-corrected chi connectivity index (χ0v) is 15.3. The van der Waals surface area contributed by atoms with Gasteiger partial charge < -0.3 is 10.2 Å². The number of benzene rings is 1. The van der Waals surface area contributed by atoms with Crippen LogP contribution in [0.3, 0.4) is 0 Å². The largest absolute Gasteiger partial charge is 0.345 e. The summed E-state index contributed by atoms with van der Waals surface area (Å²) < 4.78 is 1.74.